The fourth-order valence-corrected chi connectivity index (χ4v) is 5.28. The van der Waals surface area contributed by atoms with E-state index in [1.54, 1.807) is 45.9 Å². The Morgan fingerprint density at radius 1 is 1.21 bits per heavy atom. The average molecular weight is 595 g/mol. The van der Waals surface area contributed by atoms with Gasteiger partial charge in [0.25, 0.3) is 11.5 Å². The van der Waals surface area contributed by atoms with Crippen molar-refractivity contribution in [2.75, 3.05) is 43.4 Å². The molecule has 2 heterocycles. The number of likely N-dealkylation sites (tertiary alicyclic amines) is 1. The largest absolute Gasteiger partial charge is 0.457 e. The van der Waals surface area contributed by atoms with Crippen molar-refractivity contribution in [1.82, 2.24) is 14.8 Å². The van der Waals surface area contributed by atoms with E-state index in [0.717, 1.165) is 31.0 Å². The van der Waals surface area contributed by atoms with E-state index in [9.17, 15) is 24.4 Å². The Bertz CT molecular complexity index is 1550. The van der Waals surface area contributed by atoms with Crippen molar-refractivity contribution in [2.24, 2.45) is 5.41 Å². The molecule has 0 atom stereocenters. The quantitative estimate of drug-likeness (QED) is 0.265. The number of amides is 2. The predicted molar refractivity (Wildman–Crippen MR) is 164 cm³/mol. The zero-order chi connectivity index (χ0) is 30.9. The van der Waals surface area contributed by atoms with E-state index < -0.39 is 11.4 Å². The van der Waals surface area contributed by atoms with Gasteiger partial charge in [-0.3, -0.25) is 19.0 Å². The molecule has 3 N–H and O–H groups in total. The van der Waals surface area contributed by atoms with Crippen molar-refractivity contribution in [3.05, 3.63) is 56.0 Å². The van der Waals surface area contributed by atoms with Gasteiger partial charge in [0.2, 0.25) is 5.91 Å². The van der Waals surface area contributed by atoms with Gasteiger partial charge in [0, 0.05) is 36.9 Å². The minimum absolute atomic E-state index is 0.0627. The molecule has 0 bridgehead atoms. The highest BCUT2D eigenvalue weighted by Crippen LogP contribution is 2.24. The van der Waals surface area contributed by atoms with Crippen molar-refractivity contribution in [1.29, 1.82) is 5.26 Å². The standard InChI is InChI=1S/C30H38N6O5S/c1-6-16-41-28(39)22(18-31)27-36(7-2)26(38)24(42-27)19-33-20-10-11-21(23(17-20)34-29(40)30(3,4)5)25(37)32-12-15-35-13-8-9-14-35/h6,10-11,17,19,33H,1,7-9,12-16H2,2-5H3,(H,32,37)(H,34,40)/b24-19+,27-22-. The molecule has 1 aliphatic rings. The Kier molecular flexibility index (Phi) is 11.2. The van der Waals surface area contributed by atoms with Crippen LogP contribution in [0.5, 0.6) is 0 Å². The molecule has 1 aromatic heterocycles. The van der Waals surface area contributed by atoms with E-state index >= 15 is 0 Å². The van der Waals surface area contributed by atoms with E-state index in [-0.39, 0.29) is 45.3 Å². The number of aromatic nitrogens is 1. The zero-order valence-corrected chi connectivity index (χ0v) is 25.4. The van der Waals surface area contributed by atoms with Gasteiger partial charge in [-0.1, -0.05) is 33.4 Å². The number of carbonyl (C=O) groups excluding carboxylic acids is 3. The molecule has 1 saturated heterocycles. The van der Waals surface area contributed by atoms with Crippen molar-refractivity contribution >= 4 is 52.3 Å². The Hall–Kier alpha value is -4.21. The first-order valence-electron chi connectivity index (χ1n) is 13.8. The van der Waals surface area contributed by atoms with Crippen LogP contribution in [0, 0.1) is 16.7 Å². The topological polar surface area (TPSA) is 146 Å². The van der Waals surface area contributed by atoms with Crippen LogP contribution in [0.2, 0.25) is 0 Å². The summed E-state index contributed by atoms with van der Waals surface area (Å²) in [6, 6.07) is 6.75. The number of esters is 1. The number of hydrogen-bond donors (Lipinski definition) is 3. The predicted octanol–water partition coefficient (Wildman–Crippen LogP) is 1.99. The van der Waals surface area contributed by atoms with Gasteiger partial charge in [0.15, 0.2) is 5.57 Å². The first-order chi connectivity index (χ1) is 20.0. The van der Waals surface area contributed by atoms with Gasteiger partial charge in [-0.15, -0.1) is 11.3 Å². The van der Waals surface area contributed by atoms with Gasteiger partial charge >= 0.3 is 5.97 Å². The van der Waals surface area contributed by atoms with Crippen LogP contribution < -0.4 is 30.7 Å². The highest BCUT2D eigenvalue weighted by atomic mass is 32.1. The number of carbonyl (C=O) groups is 3. The molecule has 2 aromatic rings. The third-order valence-electron chi connectivity index (χ3n) is 6.56. The summed E-state index contributed by atoms with van der Waals surface area (Å²) in [4.78, 5) is 53.6. The lowest BCUT2D eigenvalue weighted by atomic mass is 9.95. The molecule has 0 unspecified atom stereocenters. The summed E-state index contributed by atoms with van der Waals surface area (Å²) in [7, 11) is 0. The summed E-state index contributed by atoms with van der Waals surface area (Å²) in [6.45, 7) is 14.1. The van der Waals surface area contributed by atoms with Gasteiger partial charge in [0.05, 0.1) is 11.3 Å². The molecule has 11 nitrogen and oxygen atoms in total. The molecule has 42 heavy (non-hydrogen) atoms. The second kappa shape index (κ2) is 14.6. The minimum atomic E-state index is -0.839. The van der Waals surface area contributed by atoms with Crippen molar-refractivity contribution in [3.8, 4) is 6.07 Å². The van der Waals surface area contributed by atoms with Crippen LogP contribution in [0.15, 0.2) is 35.6 Å². The summed E-state index contributed by atoms with van der Waals surface area (Å²) in [5.41, 5.74) is -0.190. The normalized spacial score (nSPS) is 14.6. The van der Waals surface area contributed by atoms with E-state index in [0.29, 0.717) is 23.5 Å². The Labute approximate surface area is 249 Å². The number of hydrogen-bond acceptors (Lipinski definition) is 9. The SMILES string of the molecule is C=CCOC(=O)/C(C#N)=c1\s/c(=C/Nc2ccc(C(=O)NCCN3CCCC3)c(NC(=O)C(C)(C)C)c2)c(=O)n1CC. The minimum Gasteiger partial charge on any atom is -0.457 e. The molecule has 1 aliphatic heterocycles. The lowest BCUT2D eigenvalue weighted by Gasteiger charge is -2.20. The third-order valence-corrected chi connectivity index (χ3v) is 7.69. The molecule has 0 radical (unpaired) electrons. The summed E-state index contributed by atoms with van der Waals surface area (Å²) in [5.74, 6) is -1.40. The highest BCUT2D eigenvalue weighted by Gasteiger charge is 2.24. The fourth-order valence-electron chi connectivity index (χ4n) is 4.20. The number of nitrogens with one attached hydrogen (secondary N) is 3. The first kappa shape index (κ1) is 32.3. The summed E-state index contributed by atoms with van der Waals surface area (Å²) >= 11 is 0.978. The molecule has 0 saturated carbocycles. The first-order valence-corrected chi connectivity index (χ1v) is 14.7. The number of benzene rings is 1. The smallest absolute Gasteiger partial charge is 0.352 e. The van der Waals surface area contributed by atoms with E-state index in [1.165, 1.54) is 29.7 Å². The maximum Gasteiger partial charge on any atom is 0.352 e. The molecule has 3 rings (SSSR count). The van der Waals surface area contributed by atoms with Gasteiger partial charge in [-0.2, -0.15) is 5.26 Å². The molecule has 0 spiro atoms. The van der Waals surface area contributed by atoms with E-state index in [4.69, 9.17) is 4.74 Å². The summed E-state index contributed by atoms with van der Waals surface area (Å²) < 4.78 is 6.77. The zero-order valence-electron chi connectivity index (χ0n) is 24.5. The third kappa shape index (κ3) is 8.18. The Balaban J connectivity index is 1.93. The van der Waals surface area contributed by atoms with Crippen molar-refractivity contribution < 1.29 is 19.1 Å². The van der Waals surface area contributed by atoms with Crippen LogP contribution in [0.3, 0.4) is 0 Å². The molecule has 1 fully saturated rings. The van der Waals surface area contributed by atoms with E-state index in [2.05, 4.69) is 27.4 Å². The maximum atomic E-state index is 13.1. The molecule has 0 aliphatic carbocycles. The van der Waals surface area contributed by atoms with Crippen LogP contribution in [0.1, 0.15) is 50.9 Å². The Morgan fingerprint density at radius 2 is 1.93 bits per heavy atom. The fraction of sp³-hybridized carbons (Fsp3) is 0.433. The van der Waals surface area contributed by atoms with Gasteiger partial charge < -0.3 is 25.6 Å². The number of ether oxygens (including phenoxy) is 1. The van der Waals surface area contributed by atoms with E-state index in [1.807, 2.05) is 6.07 Å². The number of anilines is 2. The lowest BCUT2D eigenvalue weighted by molar-refractivity contribution is -0.135. The summed E-state index contributed by atoms with van der Waals surface area (Å²) in [5, 5.41) is 18.4. The second-order valence-electron chi connectivity index (χ2n) is 10.8. The molecule has 12 heteroatoms. The van der Waals surface area contributed by atoms with Crippen molar-refractivity contribution in [3.63, 3.8) is 0 Å². The van der Waals surface area contributed by atoms with Crippen LogP contribution in [-0.2, 0) is 20.9 Å². The average Bonchev–Trinajstić information content (AvgIpc) is 3.58. The highest BCUT2D eigenvalue weighted by molar-refractivity contribution is 7.07. The van der Waals surface area contributed by atoms with Gasteiger partial charge in [-0.25, -0.2) is 4.79 Å². The van der Waals surface area contributed by atoms with Crippen LogP contribution in [0.25, 0.3) is 11.8 Å². The number of nitriles is 1. The van der Waals surface area contributed by atoms with Gasteiger partial charge in [0.1, 0.15) is 21.9 Å². The monoisotopic (exact) mass is 594 g/mol. The molecular weight excluding hydrogens is 556 g/mol. The van der Waals surface area contributed by atoms with Crippen LogP contribution >= 0.6 is 11.3 Å². The number of nitrogens with zero attached hydrogens (tertiary/aromatic N) is 3. The number of thiazole rings is 1. The second-order valence-corrected chi connectivity index (χ2v) is 11.8. The molecule has 224 valence electrons. The molecule has 2 amide bonds. The molecular formula is C30H38N6O5S. The maximum absolute atomic E-state index is 13.1. The Morgan fingerprint density at radius 3 is 2.55 bits per heavy atom. The van der Waals surface area contributed by atoms with Gasteiger partial charge in [-0.05, 0) is 51.1 Å². The van der Waals surface area contributed by atoms with Crippen LogP contribution in [-0.4, -0.2) is 60.0 Å². The summed E-state index contributed by atoms with van der Waals surface area (Å²) in [6.07, 6.45) is 5.19. The lowest BCUT2D eigenvalue weighted by Crippen LogP contribution is -2.34. The molecule has 1 aromatic carbocycles. The van der Waals surface area contributed by atoms with Crippen molar-refractivity contribution in [2.45, 2.75) is 47.1 Å². The van der Waals surface area contributed by atoms with Crippen LogP contribution in [0.4, 0.5) is 11.4 Å². The number of rotatable bonds is 11.